The Hall–Kier alpha value is -0.960. The lowest BCUT2D eigenvalue weighted by molar-refractivity contribution is -0.127. The number of amides is 1. The van der Waals surface area contributed by atoms with Crippen molar-refractivity contribution in [2.75, 3.05) is 19.3 Å². The van der Waals surface area contributed by atoms with E-state index in [4.69, 9.17) is 0 Å². The van der Waals surface area contributed by atoms with Gasteiger partial charge in [0.05, 0.1) is 0 Å². The highest BCUT2D eigenvalue weighted by molar-refractivity contribution is 7.99. The van der Waals surface area contributed by atoms with Crippen LogP contribution in [0.3, 0.4) is 0 Å². The molecular formula is C11H15NOS. The minimum atomic E-state index is 0.124. The van der Waals surface area contributed by atoms with Crippen LogP contribution >= 0.6 is 11.8 Å². The standard InChI is InChI=1S/C11H15NOS/c1-10(13)12(2)8-9-14-11-6-4-3-5-7-11/h3-7H,8-9H2,1-2H3. The zero-order valence-corrected chi connectivity index (χ0v) is 9.38. The van der Waals surface area contributed by atoms with Gasteiger partial charge in [-0.3, -0.25) is 4.79 Å². The number of thioether (sulfide) groups is 1. The highest BCUT2D eigenvalue weighted by atomic mass is 32.2. The average molecular weight is 209 g/mol. The molecule has 0 fully saturated rings. The fourth-order valence-electron chi connectivity index (χ4n) is 0.975. The van der Waals surface area contributed by atoms with Crippen molar-refractivity contribution in [2.45, 2.75) is 11.8 Å². The van der Waals surface area contributed by atoms with Crippen molar-refractivity contribution in [2.24, 2.45) is 0 Å². The van der Waals surface area contributed by atoms with Crippen molar-refractivity contribution < 1.29 is 4.79 Å². The van der Waals surface area contributed by atoms with E-state index in [1.54, 1.807) is 23.6 Å². The first kappa shape index (κ1) is 11.1. The van der Waals surface area contributed by atoms with Crippen LogP contribution in [0, 0.1) is 0 Å². The molecule has 0 saturated carbocycles. The van der Waals surface area contributed by atoms with E-state index in [1.165, 1.54) is 4.90 Å². The molecule has 2 nitrogen and oxygen atoms in total. The maximum Gasteiger partial charge on any atom is 0.219 e. The van der Waals surface area contributed by atoms with E-state index < -0.39 is 0 Å². The SMILES string of the molecule is CC(=O)N(C)CCSc1ccccc1. The molecule has 0 bridgehead atoms. The highest BCUT2D eigenvalue weighted by Gasteiger charge is 2.01. The molecule has 0 aliphatic rings. The number of benzene rings is 1. The van der Waals surface area contributed by atoms with Gasteiger partial charge in [-0.25, -0.2) is 0 Å². The van der Waals surface area contributed by atoms with Crippen molar-refractivity contribution in [3.63, 3.8) is 0 Å². The summed E-state index contributed by atoms with van der Waals surface area (Å²) >= 11 is 1.77. The van der Waals surface area contributed by atoms with Crippen LogP contribution in [-0.2, 0) is 4.79 Å². The molecule has 0 unspecified atom stereocenters. The summed E-state index contributed by atoms with van der Waals surface area (Å²) in [5.41, 5.74) is 0. The van der Waals surface area contributed by atoms with Crippen LogP contribution in [0.15, 0.2) is 35.2 Å². The van der Waals surface area contributed by atoms with E-state index in [0.717, 1.165) is 12.3 Å². The Kier molecular flexibility index (Phi) is 4.53. The predicted molar refractivity (Wildman–Crippen MR) is 60.5 cm³/mol. The second kappa shape index (κ2) is 5.70. The first-order chi connectivity index (χ1) is 6.70. The Morgan fingerprint density at radius 2 is 2.00 bits per heavy atom. The zero-order valence-electron chi connectivity index (χ0n) is 8.56. The number of carbonyl (C=O) groups is 1. The molecule has 1 amide bonds. The molecule has 1 rings (SSSR count). The van der Waals surface area contributed by atoms with E-state index in [-0.39, 0.29) is 5.91 Å². The monoisotopic (exact) mass is 209 g/mol. The molecule has 14 heavy (non-hydrogen) atoms. The van der Waals surface area contributed by atoms with Crippen molar-refractivity contribution in [1.82, 2.24) is 4.90 Å². The molecule has 0 aliphatic heterocycles. The topological polar surface area (TPSA) is 20.3 Å². The predicted octanol–water partition coefficient (Wildman–Crippen LogP) is 2.26. The number of carbonyl (C=O) groups excluding carboxylic acids is 1. The van der Waals surface area contributed by atoms with Gasteiger partial charge in [-0.15, -0.1) is 11.8 Å². The highest BCUT2D eigenvalue weighted by Crippen LogP contribution is 2.16. The quantitative estimate of drug-likeness (QED) is 0.709. The average Bonchev–Trinajstić information content (AvgIpc) is 2.19. The second-order valence-corrected chi connectivity index (χ2v) is 4.27. The van der Waals surface area contributed by atoms with Crippen LogP contribution < -0.4 is 0 Å². The largest absolute Gasteiger partial charge is 0.345 e. The van der Waals surface area contributed by atoms with Crippen molar-refractivity contribution in [3.8, 4) is 0 Å². The third-order valence-electron chi connectivity index (χ3n) is 1.98. The minimum Gasteiger partial charge on any atom is -0.345 e. The lowest BCUT2D eigenvalue weighted by atomic mass is 10.4. The van der Waals surface area contributed by atoms with Gasteiger partial charge in [-0.2, -0.15) is 0 Å². The van der Waals surface area contributed by atoms with E-state index in [2.05, 4.69) is 12.1 Å². The van der Waals surface area contributed by atoms with Crippen LogP contribution in [0.5, 0.6) is 0 Å². The Labute approximate surface area is 89.3 Å². The minimum absolute atomic E-state index is 0.124. The van der Waals surface area contributed by atoms with Crippen LogP contribution in [0.1, 0.15) is 6.92 Å². The fourth-order valence-corrected chi connectivity index (χ4v) is 1.93. The molecule has 0 aromatic heterocycles. The summed E-state index contributed by atoms with van der Waals surface area (Å²) < 4.78 is 0. The normalized spacial score (nSPS) is 9.86. The van der Waals surface area contributed by atoms with Crippen molar-refractivity contribution >= 4 is 17.7 Å². The molecule has 0 N–H and O–H groups in total. The van der Waals surface area contributed by atoms with Gasteiger partial charge < -0.3 is 4.90 Å². The lowest BCUT2D eigenvalue weighted by Crippen LogP contribution is -2.26. The maximum atomic E-state index is 10.9. The summed E-state index contributed by atoms with van der Waals surface area (Å²) in [5.74, 6) is 1.07. The Morgan fingerprint density at radius 1 is 1.36 bits per heavy atom. The summed E-state index contributed by atoms with van der Waals surface area (Å²) in [5, 5.41) is 0. The summed E-state index contributed by atoms with van der Waals surface area (Å²) in [6.45, 7) is 2.39. The number of hydrogen-bond donors (Lipinski definition) is 0. The molecule has 0 heterocycles. The zero-order chi connectivity index (χ0) is 10.4. The summed E-state index contributed by atoms with van der Waals surface area (Å²) in [4.78, 5) is 13.9. The van der Waals surface area contributed by atoms with Gasteiger partial charge in [-0.05, 0) is 12.1 Å². The molecule has 3 heteroatoms. The number of nitrogens with zero attached hydrogens (tertiary/aromatic N) is 1. The third-order valence-corrected chi connectivity index (χ3v) is 2.97. The van der Waals surface area contributed by atoms with Crippen LogP contribution in [-0.4, -0.2) is 30.2 Å². The lowest BCUT2D eigenvalue weighted by Gasteiger charge is -2.13. The molecule has 76 valence electrons. The first-order valence-corrected chi connectivity index (χ1v) is 5.58. The van der Waals surface area contributed by atoms with Gasteiger partial charge in [0.15, 0.2) is 0 Å². The molecule has 0 aliphatic carbocycles. The van der Waals surface area contributed by atoms with Gasteiger partial charge in [0.1, 0.15) is 0 Å². The van der Waals surface area contributed by atoms with Gasteiger partial charge in [0.2, 0.25) is 5.91 Å². The van der Waals surface area contributed by atoms with Gasteiger partial charge in [-0.1, -0.05) is 18.2 Å². The molecule has 0 atom stereocenters. The van der Waals surface area contributed by atoms with E-state index in [9.17, 15) is 4.79 Å². The molecule has 1 aromatic rings. The second-order valence-electron chi connectivity index (χ2n) is 3.10. The Bertz CT molecular complexity index is 287. The van der Waals surface area contributed by atoms with E-state index in [0.29, 0.717) is 0 Å². The molecule has 0 spiro atoms. The van der Waals surface area contributed by atoms with Crippen molar-refractivity contribution in [3.05, 3.63) is 30.3 Å². The Morgan fingerprint density at radius 3 is 2.57 bits per heavy atom. The van der Waals surface area contributed by atoms with Crippen molar-refractivity contribution in [1.29, 1.82) is 0 Å². The number of hydrogen-bond acceptors (Lipinski definition) is 2. The van der Waals surface area contributed by atoms with Gasteiger partial charge in [0.25, 0.3) is 0 Å². The summed E-state index contributed by atoms with van der Waals surface area (Å²) in [7, 11) is 1.83. The Balaban J connectivity index is 2.26. The van der Waals surface area contributed by atoms with Crippen LogP contribution in [0.25, 0.3) is 0 Å². The fraction of sp³-hybridized carbons (Fsp3) is 0.364. The molecule has 1 aromatic carbocycles. The molecule has 0 saturated heterocycles. The molecule has 0 radical (unpaired) electrons. The first-order valence-electron chi connectivity index (χ1n) is 4.59. The number of rotatable bonds is 4. The van der Waals surface area contributed by atoms with Gasteiger partial charge >= 0.3 is 0 Å². The summed E-state index contributed by atoms with van der Waals surface area (Å²) in [6, 6.07) is 10.2. The third kappa shape index (κ3) is 3.83. The van der Waals surface area contributed by atoms with Crippen LogP contribution in [0.4, 0.5) is 0 Å². The van der Waals surface area contributed by atoms with E-state index in [1.807, 2.05) is 25.2 Å². The maximum absolute atomic E-state index is 10.9. The smallest absolute Gasteiger partial charge is 0.219 e. The van der Waals surface area contributed by atoms with E-state index >= 15 is 0 Å². The van der Waals surface area contributed by atoms with Gasteiger partial charge in [0, 0.05) is 31.2 Å². The summed E-state index contributed by atoms with van der Waals surface area (Å²) in [6.07, 6.45) is 0. The van der Waals surface area contributed by atoms with Crippen LogP contribution in [0.2, 0.25) is 0 Å². The molecular weight excluding hydrogens is 194 g/mol.